The first-order valence-electron chi connectivity index (χ1n) is 7.76. The lowest BCUT2D eigenvalue weighted by Gasteiger charge is -2.17. The van der Waals surface area contributed by atoms with Gasteiger partial charge in [-0.3, -0.25) is 14.4 Å². The monoisotopic (exact) mass is 296 g/mol. The molecule has 0 aromatic carbocycles. The molecule has 6 heteroatoms. The Bertz CT molecular complexity index is 420. The third kappa shape index (κ3) is 4.72. The van der Waals surface area contributed by atoms with Crippen molar-refractivity contribution < 1.29 is 19.5 Å². The number of nitrogens with zero attached hydrogens (tertiary/aromatic N) is 1. The highest BCUT2D eigenvalue weighted by molar-refractivity contribution is 5.89. The van der Waals surface area contributed by atoms with E-state index in [1.165, 1.54) is 12.8 Å². The van der Waals surface area contributed by atoms with Crippen molar-refractivity contribution in [3.05, 3.63) is 0 Å². The standard InChI is InChI=1S/C15H24N2O4/c1-2-10(5-14(19)20)7-16-15(21)12-6-13(18)17(9-12)8-11-3-4-11/h10-12H,2-9H2,1H3,(H,16,21)(H,19,20). The highest BCUT2D eigenvalue weighted by atomic mass is 16.4. The van der Waals surface area contributed by atoms with Crippen LogP contribution in [0.5, 0.6) is 0 Å². The fraction of sp³-hybridized carbons (Fsp3) is 0.800. The zero-order chi connectivity index (χ0) is 15.4. The molecule has 0 aromatic heterocycles. The van der Waals surface area contributed by atoms with Crippen molar-refractivity contribution in [2.75, 3.05) is 19.6 Å². The molecule has 0 radical (unpaired) electrons. The fourth-order valence-corrected chi connectivity index (χ4v) is 2.73. The summed E-state index contributed by atoms with van der Waals surface area (Å²) in [6.07, 6.45) is 3.44. The maximum atomic E-state index is 12.1. The van der Waals surface area contributed by atoms with Gasteiger partial charge in [0.05, 0.1) is 5.92 Å². The molecule has 1 saturated carbocycles. The summed E-state index contributed by atoms with van der Waals surface area (Å²) in [6.45, 7) is 3.58. The van der Waals surface area contributed by atoms with E-state index in [0.29, 0.717) is 25.4 Å². The van der Waals surface area contributed by atoms with Crippen LogP contribution in [-0.4, -0.2) is 47.4 Å². The van der Waals surface area contributed by atoms with Gasteiger partial charge in [-0.1, -0.05) is 13.3 Å². The van der Waals surface area contributed by atoms with Crippen LogP contribution in [0.15, 0.2) is 0 Å². The smallest absolute Gasteiger partial charge is 0.303 e. The first kappa shape index (κ1) is 15.8. The van der Waals surface area contributed by atoms with Crippen molar-refractivity contribution in [2.45, 2.75) is 39.0 Å². The van der Waals surface area contributed by atoms with Gasteiger partial charge in [0.1, 0.15) is 0 Å². The summed E-state index contributed by atoms with van der Waals surface area (Å²) >= 11 is 0. The number of rotatable bonds is 8. The van der Waals surface area contributed by atoms with Crippen LogP contribution in [0.3, 0.4) is 0 Å². The van der Waals surface area contributed by atoms with Gasteiger partial charge in [0.2, 0.25) is 11.8 Å². The summed E-state index contributed by atoms with van der Waals surface area (Å²) < 4.78 is 0. The summed E-state index contributed by atoms with van der Waals surface area (Å²) in [5, 5.41) is 11.6. The third-order valence-corrected chi connectivity index (χ3v) is 4.37. The lowest BCUT2D eigenvalue weighted by molar-refractivity contribution is -0.138. The van der Waals surface area contributed by atoms with E-state index >= 15 is 0 Å². The molecule has 2 fully saturated rings. The third-order valence-electron chi connectivity index (χ3n) is 4.37. The number of amides is 2. The molecule has 1 aliphatic heterocycles. The number of carboxylic acid groups (broad SMARTS) is 1. The van der Waals surface area contributed by atoms with Gasteiger partial charge in [-0.25, -0.2) is 0 Å². The minimum atomic E-state index is -0.845. The lowest BCUT2D eigenvalue weighted by Crippen LogP contribution is -2.36. The predicted octanol–water partition coefficient (Wildman–Crippen LogP) is 0.862. The van der Waals surface area contributed by atoms with Crippen molar-refractivity contribution in [2.24, 2.45) is 17.8 Å². The average Bonchev–Trinajstić information content (AvgIpc) is 3.17. The van der Waals surface area contributed by atoms with Crippen LogP contribution in [-0.2, 0) is 14.4 Å². The van der Waals surface area contributed by atoms with E-state index < -0.39 is 5.97 Å². The number of likely N-dealkylation sites (tertiary alicyclic amines) is 1. The molecule has 6 nitrogen and oxygen atoms in total. The van der Waals surface area contributed by atoms with Crippen molar-refractivity contribution in [3.63, 3.8) is 0 Å². The van der Waals surface area contributed by atoms with Crippen LogP contribution in [0, 0.1) is 17.8 Å². The molecular formula is C15H24N2O4. The van der Waals surface area contributed by atoms with Gasteiger partial charge in [0.25, 0.3) is 0 Å². The molecule has 118 valence electrons. The number of carbonyl (C=O) groups excluding carboxylic acids is 2. The van der Waals surface area contributed by atoms with E-state index in [0.717, 1.165) is 6.54 Å². The maximum absolute atomic E-state index is 12.1. The van der Waals surface area contributed by atoms with E-state index in [9.17, 15) is 14.4 Å². The predicted molar refractivity (Wildman–Crippen MR) is 76.5 cm³/mol. The number of carboxylic acids is 1. The minimum absolute atomic E-state index is 0.0499. The Hall–Kier alpha value is -1.59. The Balaban J connectivity index is 1.75. The van der Waals surface area contributed by atoms with Gasteiger partial charge in [-0.2, -0.15) is 0 Å². The summed E-state index contributed by atoms with van der Waals surface area (Å²) in [4.78, 5) is 36.5. The van der Waals surface area contributed by atoms with Gasteiger partial charge in [-0.05, 0) is 24.7 Å². The molecule has 2 unspecified atom stereocenters. The largest absolute Gasteiger partial charge is 0.481 e. The molecule has 0 aromatic rings. The summed E-state index contributed by atoms with van der Waals surface area (Å²) in [5.74, 6) is -0.589. The summed E-state index contributed by atoms with van der Waals surface area (Å²) in [5.41, 5.74) is 0. The zero-order valence-electron chi connectivity index (χ0n) is 12.5. The molecule has 2 atom stereocenters. The second-order valence-electron chi connectivity index (χ2n) is 6.26. The number of nitrogens with one attached hydrogen (secondary N) is 1. The van der Waals surface area contributed by atoms with Gasteiger partial charge in [0.15, 0.2) is 0 Å². The molecular weight excluding hydrogens is 272 g/mol. The zero-order valence-corrected chi connectivity index (χ0v) is 12.5. The quantitative estimate of drug-likeness (QED) is 0.695. The molecule has 0 spiro atoms. The molecule has 2 amide bonds. The fourth-order valence-electron chi connectivity index (χ4n) is 2.73. The SMILES string of the molecule is CCC(CNC(=O)C1CC(=O)N(CC2CC2)C1)CC(=O)O. The summed E-state index contributed by atoms with van der Waals surface area (Å²) in [6, 6.07) is 0. The molecule has 2 aliphatic rings. The second kappa shape index (κ2) is 6.91. The van der Waals surface area contributed by atoms with E-state index in [1.54, 1.807) is 4.90 Å². The molecule has 0 bridgehead atoms. The molecule has 1 saturated heterocycles. The lowest BCUT2D eigenvalue weighted by atomic mass is 10.0. The first-order chi connectivity index (χ1) is 9.99. The van der Waals surface area contributed by atoms with Gasteiger partial charge in [-0.15, -0.1) is 0 Å². The maximum Gasteiger partial charge on any atom is 0.303 e. The van der Waals surface area contributed by atoms with E-state index in [2.05, 4.69) is 5.32 Å². The average molecular weight is 296 g/mol. The van der Waals surface area contributed by atoms with Crippen molar-refractivity contribution in [3.8, 4) is 0 Å². The number of aliphatic carboxylic acids is 1. The number of hydrogen-bond acceptors (Lipinski definition) is 3. The molecule has 2 rings (SSSR count). The van der Waals surface area contributed by atoms with Crippen LogP contribution in [0.25, 0.3) is 0 Å². The first-order valence-corrected chi connectivity index (χ1v) is 7.76. The number of carbonyl (C=O) groups is 3. The Labute approximate surface area is 124 Å². The van der Waals surface area contributed by atoms with Crippen LogP contribution >= 0.6 is 0 Å². The van der Waals surface area contributed by atoms with Crippen LogP contribution in [0.4, 0.5) is 0 Å². The normalized spacial score (nSPS) is 23.2. The molecule has 2 N–H and O–H groups in total. The van der Waals surface area contributed by atoms with E-state index in [-0.39, 0.29) is 36.5 Å². The van der Waals surface area contributed by atoms with Crippen LogP contribution in [0.1, 0.15) is 39.0 Å². The van der Waals surface area contributed by atoms with Crippen molar-refractivity contribution in [1.82, 2.24) is 10.2 Å². The van der Waals surface area contributed by atoms with E-state index in [4.69, 9.17) is 5.11 Å². The van der Waals surface area contributed by atoms with Gasteiger partial charge >= 0.3 is 5.97 Å². The van der Waals surface area contributed by atoms with Crippen LogP contribution in [0.2, 0.25) is 0 Å². The molecule has 1 heterocycles. The molecule has 1 aliphatic carbocycles. The second-order valence-corrected chi connectivity index (χ2v) is 6.26. The Morgan fingerprint density at radius 2 is 2.14 bits per heavy atom. The van der Waals surface area contributed by atoms with Gasteiger partial charge in [0, 0.05) is 32.5 Å². The van der Waals surface area contributed by atoms with Crippen molar-refractivity contribution in [1.29, 1.82) is 0 Å². The minimum Gasteiger partial charge on any atom is -0.481 e. The van der Waals surface area contributed by atoms with E-state index in [1.807, 2.05) is 6.92 Å². The van der Waals surface area contributed by atoms with Gasteiger partial charge < -0.3 is 15.3 Å². The number of hydrogen-bond donors (Lipinski definition) is 2. The Kier molecular flexibility index (Phi) is 5.20. The summed E-state index contributed by atoms with van der Waals surface area (Å²) in [7, 11) is 0. The highest BCUT2D eigenvalue weighted by Gasteiger charge is 2.37. The Morgan fingerprint density at radius 3 is 2.71 bits per heavy atom. The van der Waals surface area contributed by atoms with Crippen molar-refractivity contribution >= 4 is 17.8 Å². The Morgan fingerprint density at radius 1 is 1.43 bits per heavy atom. The highest BCUT2D eigenvalue weighted by Crippen LogP contribution is 2.32. The topological polar surface area (TPSA) is 86.7 Å². The molecule has 21 heavy (non-hydrogen) atoms. The van der Waals surface area contributed by atoms with Crippen LogP contribution < -0.4 is 5.32 Å².